The van der Waals surface area contributed by atoms with Crippen molar-refractivity contribution in [1.29, 1.82) is 0 Å². The number of amides is 1. The monoisotopic (exact) mass is 366 g/mol. The molecule has 25 heavy (non-hydrogen) atoms. The molecule has 1 heterocycles. The van der Waals surface area contributed by atoms with Crippen LogP contribution in [0.2, 0.25) is 0 Å². The third-order valence-electron chi connectivity index (χ3n) is 3.91. The van der Waals surface area contributed by atoms with Crippen molar-refractivity contribution >= 4 is 34.2 Å². The molecule has 0 bridgehead atoms. The molecule has 3 N–H and O–H groups in total. The van der Waals surface area contributed by atoms with Gasteiger partial charge in [0.05, 0.1) is 12.5 Å². The Bertz CT molecular complexity index is 695. The fourth-order valence-corrected chi connectivity index (χ4v) is 3.62. The van der Waals surface area contributed by atoms with E-state index >= 15 is 0 Å². The van der Waals surface area contributed by atoms with Crippen LogP contribution in [0.25, 0.3) is 0 Å². The minimum atomic E-state index is -0.627. The Kier molecular flexibility index (Phi) is 6.58. The average molecular weight is 366 g/mol. The number of carbonyl (C=O) groups is 3. The largest absolute Gasteiger partial charge is 0.462 e. The summed E-state index contributed by atoms with van der Waals surface area (Å²) in [6, 6.07) is 0. The van der Waals surface area contributed by atoms with Crippen molar-refractivity contribution in [3.8, 4) is 0 Å². The number of hydrogen-bond donors (Lipinski definition) is 2. The van der Waals surface area contributed by atoms with E-state index in [0.29, 0.717) is 12.0 Å². The van der Waals surface area contributed by atoms with Gasteiger partial charge in [-0.1, -0.05) is 12.2 Å². The van der Waals surface area contributed by atoms with Gasteiger partial charge < -0.3 is 20.5 Å². The van der Waals surface area contributed by atoms with Crippen molar-refractivity contribution in [1.82, 2.24) is 5.32 Å². The van der Waals surface area contributed by atoms with Crippen LogP contribution in [0.3, 0.4) is 0 Å². The molecule has 0 fully saturated rings. The number of carbonyl (C=O) groups excluding carboxylic acids is 3. The summed E-state index contributed by atoms with van der Waals surface area (Å²) in [5.74, 6) is -1.56. The number of anilines is 1. The second-order valence-corrected chi connectivity index (χ2v) is 6.59. The Morgan fingerprint density at radius 1 is 1.32 bits per heavy atom. The van der Waals surface area contributed by atoms with Crippen LogP contribution in [-0.2, 0) is 20.9 Å². The van der Waals surface area contributed by atoms with Crippen molar-refractivity contribution in [2.45, 2.75) is 32.8 Å². The number of esters is 2. The molecule has 0 radical (unpaired) electrons. The molecule has 0 spiro atoms. The van der Waals surface area contributed by atoms with Crippen molar-refractivity contribution in [2.24, 2.45) is 5.92 Å². The Labute approximate surface area is 150 Å². The van der Waals surface area contributed by atoms with Crippen LogP contribution in [-0.4, -0.2) is 31.5 Å². The summed E-state index contributed by atoms with van der Waals surface area (Å²) in [7, 11) is 1.48. The molecule has 1 atom stereocenters. The Balaban J connectivity index is 2.23. The van der Waals surface area contributed by atoms with Gasteiger partial charge in [-0.15, -0.1) is 11.3 Å². The first-order chi connectivity index (χ1) is 12.0. The van der Waals surface area contributed by atoms with Gasteiger partial charge in [0.15, 0.2) is 0 Å². The summed E-state index contributed by atoms with van der Waals surface area (Å²) >= 11 is 0.978. The van der Waals surface area contributed by atoms with E-state index in [9.17, 15) is 14.4 Å². The molecule has 136 valence electrons. The van der Waals surface area contributed by atoms with Gasteiger partial charge in [-0.05, 0) is 26.2 Å². The molecule has 0 aliphatic heterocycles. The van der Waals surface area contributed by atoms with Gasteiger partial charge in [0, 0.05) is 12.6 Å². The third-order valence-corrected chi connectivity index (χ3v) is 4.97. The predicted molar refractivity (Wildman–Crippen MR) is 94.4 cm³/mol. The average Bonchev–Trinajstić information content (AvgIpc) is 2.96. The molecule has 0 saturated heterocycles. The van der Waals surface area contributed by atoms with E-state index in [1.165, 1.54) is 7.05 Å². The zero-order chi connectivity index (χ0) is 18.4. The third kappa shape index (κ3) is 4.39. The second-order valence-electron chi connectivity index (χ2n) is 5.54. The molecule has 1 aliphatic rings. The summed E-state index contributed by atoms with van der Waals surface area (Å²) < 4.78 is 10.4. The highest BCUT2D eigenvalue weighted by atomic mass is 32.1. The zero-order valence-electron chi connectivity index (χ0n) is 14.3. The first-order valence-corrected chi connectivity index (χ1v) is 8.93. The molecule has 2 rings (SSSR count). The van der Waals surface area contributed by atoms with Crippen LogP contribution in [0.4, 0.5) is 5.00 Å². The van der Waals surface area contributed by atoms with E-state index < -0.39 is 5.97 Å². The van der Waals surface area contributed by atoms with Gasteiger partial charge in [0.25, 0.3) is 5.91 Å². The van der Waals surface area contributed by atoms with E-state index in [2.05, 4.69) is 5.32 Å². The highest BCUT2D eigenvalue weighted by molar-refractivity contribution is 7.18. The number of rotatable bonds is 6. The SMILES string of the molecule is CCOC(=O)c1c(N)sc(C(=O)NC)c1COC(=O)[C@H]1CC=CCC1. The number of nitrogens with two attached hydrogens (primary N) is 1. The fourth-order valence-electron chi connectivity index (χ4n) is 2.62. The molecule has 1 aromatic heterocycles. The Morgan fingerprint density at radius 3 is 2.68 bits per heavy atom. The lowest BCUT2D eigenvalue weighted by molar-refractivity contribution is -0.150. The van der Waals surface area contributed by atoms with Crippen LogP contribution in [0.5, 0.6) is 0 Å². The summed E-state index contributed by atoms with van der Waals surface area (Å²) in [4.78, 5) is 36.7. The van der Waals surface area contributed by atoms with Gasteiger partial charge in [-0.3, -0.25) is 9.59 Å². The topological polar surface area (TPSA) is 108 Å². The molecular weight excluding hydrogens is 344 g/mol. The minimum Gasteiger partial charge on any atom is -0.462 e. The van der Waals surface area contributed by atoms with Crippen LogP contribution >= 0.6 is 11.3 Å². The van der Waals surface area contributed by atoms with E-state index in [1.807, 2.05) is 12.2 Å². The minimum absolute atomic E-state index is 0.0989. The lowest BCUT2D eigenvalue weighted by atomic mass is 9.95. The summed E-state index contributed by atoms with van der Waals surface area (Å²) in [6.45, 7) is 1.66. The summed E-state index contributed by atoms with van der Waals surface area (Å²) in [5.41, 5.74) is 6.29. The fraction of sp³-hybridized carbons (Fsp3) is 0.471. The van der Waals surface area contributed by atoms with Gasteiger partial charge >= 0.3 is 11.9 Å². The standard InChI is InChI=1S/C17H22N2O5S/c1-3-23-17(22)12-11(13(15(20)19-2)25-14(12)18)9-24-16(21)10-7-5-4-6-8-10/h4-5,10H,3,6-9,18H2,1-2H3,(H,19,20)/t10-/m0/s1. The maximum absolute atomic E-state index is 12.2. The first kappa shape index (κ1) is 19.0. The molecule has 1 aliphatic carbocycles. The molecule has 0 saturated carbocycles. The Morgan fingerprint density at radius 2 is 2.08 bits per heavy atom. The molecular formula is C17H22N2O5S. The highest BCUT2D eigenvalue weighted by Crippen LogP contribution is 2.33. The summed E-state index contributed by atoms with van der Waals surface area (Å²) in [6.07, 6.45) is 6.19. The first-order valence-electron chi connectivity index (χ1n) is 8.11. The molecule has 0 unspecified atom stereocenters. The van der Waals surface area contributed by atoms with Crippen LogP contribution in [0.1, 0.15) is 51.8 Å². The van der Waals surface area contributed by atoms with Gasteiger partial charge in [-0.2, -0.15) is 0 Å². The van der Waals surface area contributed by atoms with Crippen molar-refractivity contribution in [3.05, 3.63) is 28.2 Å². The normalized spacial score (nSPS) is 16.3. The van der Waals surface area contributed by atoms with Gasteiger partial charge in [0.2, 0.25) is 0 Å². The second kappa shape index (κ2) is 8.66. The molecule has 1 aromatic rings. The van der Waals surface area contributed by atoms with E-state index in [4.69, 9.17) is 15.2 Å². The predicted octanol–water partition coefficient (Wildman–Crippen LogP) is 2.27. The van der Waals surface area contributed by atoms with Gasteiger partial charge in [-0.25, -0.2) is 4.79 Å². The molecule has 8 heteroatoms. The lowest BCUT2D eigenvalue weighted by Crippen LogP contribution is -2.22. The molecule has 0 aromatic carbocycles. The summed E-state index contributed by atoms with van der Waals surface area (Å²) in [5, 5.41) is 2.67. The maximum Gasteiger partial charge on any atom is 0.341 e. The van der Waals surface area contributed by atoms with E-state index in [0.717, 1.165) is 24.2 Å². The van der Waals surface area contributed by atoms with Crippen LogP contribution < -0.4 is 11.1 Å². The van der Waals surface area contributed by atoms with Gasteiger partial charge in [0.1, 0.15) is 22.0 Å². The molecule has 7 nitrogen and oxygen atoms in total. The maximum atomic E-state index is 12.2. The lowest BCUT2D eigenvalue weighted by Gasteiger charge is -2.16. The number of ether oxygens (including phenoxy) is 2. The van der Waals surface area contributed by atoms with E-state index in [1.54, 1.807) is 6.92 Å². The van der Waals surface area contributed by atoms with Crippen molar-refractivity contribution in [2.75, 3.05) is 19.4 Å². The van der Waals surface area contributed by atoms with Crippen molar-refractivity contribution < 1.29 is 23.9 Å². The number of thiophene rings is 1. The zero-order valence-corrected chi connectivity index (χ0v) is 15.1. The molecule has 1 amide bonds. The smallest absolute Gasteiger partial charge is 0.341 e. The number of hydrogen-bond acceptors (Lipinski definition) is 7. The van der Waals surface area contributed by atoms with Crippen LogP contribution in [0, 0.1) is 5.92 Å². The Hall–Kier alpha value is -2.35. The highest BCUT2D eigenvalue weighted by Gasteiger charge is 2.28. The van der Waals surface area contributed by atoms with Crippen molar-refractivity contribution in [3.63, 3.8) is 0 Å². The quantitative estimate of drug-likeness (QED) is 0.591. The number of nitrogens with one attached hydrogen (secondary N) is 1. The van der Waals surface area contributed by atoms with E-state index in [-0.39, 0.29) is 46.4 Å². The number of allylic oxidation sites excluding steroid dienone is 2. The van der Waals surface area contributed by atoms with Crippen LogP contribution in [0.15, 0.2) is 12.2 Å². The number of nitrogen functional groups attached to an aromatic ring is 1.